The number of aliphatic hydroxyl groups excluding tert-OH is 1. The summed E-state index contributed by atoms with van der Waals surface area (Å²) in [6.45, 7) is 11.7. The van der Waals surface area contributed by atoms with E-state index in [0.29, 0.717) is 19.3 Å². The van der Waals surface area contributed by atoms with Gasteiger partial charge < -0.3 is 28.8 Å². The lowest BCUT2D eigenvalue weighted by Gasteiger charge is -2.33. The number of hydrogen-bond donors (Lipinski definition) is 1. The molecule has 3 aromatic carbocycles. The number of hydrogen-bond acceptors (Lipinski definition) is 6. The van der Waals surface area contributed by atoms with Gasteiger partial charge in [-0.05, 0) is 84.5 Å². The van der Waals surface area contributed by atoms with Crippen molar-refractivity contribution in [3.05, 3.63) is 131 Å². The minimum atomic E-state index is -0.502. The fraction of sp³-hybridized carbons (Fsp3) is 0.400. The fourth-order valence-corrected chi connectivity index (χ4v) is 5.95. The molecule has 1 aliphatic carbocycles. The van der Waals surface area contributed by atoms with Crippen molar-refractivity contribution in [2.45, 2.75) is 69.7 Å². The topological polar surface area (TPSA) is 73.0 Å². The Morgan fingerprint density at radius 1 is 0.717 bits per heavy atom. The van der Waals surface area contributed by atoms with Crippen LogP contribution >= 0.6 is 0 Å². The van der Waals surface area contributed by atoms with E-state index in [1.165, 1.54) is 27.8 Å². The van der Waals surface area contributed by atoms with Crippen LogP contribution in [-0.4, -0.2) is 56.5 Å². The van der Waals surface area contributed by atoms with Crippen molar-refractivity contribution in [1.82, 2.24) is 0 Å². The van der Waals surface area contributed by atoms with Gasteiger partial charge in [0.15, 0.2) is 0 Å². The van der Waals surface area contributed by atoms with Crippen LogP contribution in [-0.2, 0) is 25.0 Å². The minimum Gasteiger partial charge on any atom is -0.493 e. The van der Waals surface area contributed by atoms with Gasteiger partial charge in [-0.15, -0.1) is 0 Å². The first-order chi connectivity index (χ1) is 22.2. The van der Waals surface area contributed by atoms with Crippen LogP contribution in [0.5, 0.6) is 11.5 Å². The summed E-state index contributed by atoms with van der Waals surface area (Å²) in [4.78, 5) is 0. The van der Waals surface area contributed by atoms with Crippen LogP contribution in [0.1, 0.15) is 62.8 Å². The van der Waals surface area contributed by atoms with E-state index in [1.807, 2.05) is 6.08 Å². The maximum absolute atomic E-state index is 9.62. The van der Waals surface area contributed by atoms with Crippen LogP contribution < -0.4 is 9.47 Å². The maximum Gasteiger partial charge on any atom is 0.119 e. The Bertz CT molecular complexity index is 1540. The van der Waals surface area contributed by atoms with E-state index in [2.05, 4.69) is 112 Å². The molecule has 0 radical (unpaired) electrons. The molecule has 242 valence electrons. The quantitative estimate of drug-likeness (QED) is 0.140. The highest BCUT2D eigenvalue weighted by molar-refractivity contribution is 5.53. The summed E-state index contributed by atoms with van der Waals surface area (Å²) >= 11 is 0. The van der Waals surface area contributed by atoms with E-state index < -0.39 is 11.5 Å². The van der Waals surface area contributed by atoms with Gasteiger partial charge in [-0.3, -0.25) is 0 Å². The smallest absolute Gasteiger partial charge is 0.119 e. The molecule has 0 spiro atoms. The molecule has 0 amide bonds. The molecule has 2 saturated heterocycles. The van der Waals surface area contributed by atoms with Crippen molar-refractivity contribution >= 4 is 0 Å². The molecule has 4 unspecified atom stereocenters. The molecule has 0 aromatic heterocycles. The van der Waals surface area contributed by atoms with Crippen molar-refractivity contribution in [2.24, 2.45) is 0 Å². The van der Waals surface area contributed by atoms with E-state index in [-0.39, 0.29) is 18.1 Å². The van der Waals surface area contributed by atoms with Gasteiger partial charge in [-0.2, -0.15) is 0 Å². The zero-order chi connectivity index (χ0) is 32.1. The zero-order valence-electron chi connectivity index (χ0n) is 27.4. The number of rotatable bonds is 15. The average Bonchev–Trinajstić information content (AvgIpc) is 3.98. The molecular formula is C40H46O6. The van der Waals surface area contributed by atoms with Crippen LogP contribution in [0.3, 0.4) is 0 Å². The predicted octanol–water partition coefficient (Wildman–Crippen LogP) is 7.43. The van der Waals surface area contributed by atoms with E-state index >= 15 is 0 Å². The summed E-state index contributed by atoms with van der Waals surface area (Å²) in [5.41, 5.74) is 5.40. The Labute approximate surface area is 273 Å². The highest BCUT2D eigenvalue weighted by Crippen LogP contribution is 2.42. The first-order valence-corrected chi connectivity index (χ1v) is 16.4. The van der Waals surface area contributed by atoms with Crippen LogP contribution in [0.25, 0.3) is 0 Å². The van der Waals surface area contributed by atoms with Gasteiger partial charge in [0.2, 0.25) is 0 Å². The van der Waals surface area contributed by atoms with Crippen molar-refractivity contribution < 1.29 is 28.8 Å². The minimum absolute atomic E-state index is 0.215. The molecule has 2 fully saturated rings. The second kappa shape index (κ2) is 13.9. The molecule has 3 aromatic rings. The lowest BCUT2D eigenvalue weighted by atomic mass is 9.70. The monoisotopic (exact) mass is 622 g/mol. The molecule has 6 rings (SSSR count). The molecule has 1 N–H and O–H groups in total. The van der Waals surface area contributed by atoms with E-state index in [1.54, 1.807) is 6.92 Å². The fourth-order valence-electron chi connectivity index (χ4n) is 5.95. The SMILES string of the molecule is CC(O)COC1=CCC=C(C(C)(C)c2ccc(C(C)(c3ccc(OCCC4CO4)cc3)c3ccc(OCC4CO4)cc3)cc2)C=C1. The van der Waals surface area contributed by atoms with Gasteiger partial charge in [-0.1, -0.05) is 74.5 Å². The van der Waals surface area contributed by atoms with Crippen LogP contribution in [0.15, 0.2) is 108 Å². The number of epoxide rings is 2. The van der Waals surface area contributed by atoms with Crippen molar-refractivity contribution in [3.63, 3.8) is 0 Å². The molecule has 0 bridgehead atoms. The molecular weight excluding hydrogens is 576 g/mol. The molecule has 2 aliphatic heterocycles. The van der Waals surface area contributed by atoms with Crippen molar-refractivity contribution in [3.8, 4) is 11.5 Å². The highest BCUT2D eigenvalue weighted by atomic mass is 16.6. The summed E-state index contributed by atoms with van der Waals surface area (Å²) in [5, 5.41) is 9.62. The summed E-state index contributed by atoms with van der Waals surface area (Å²) < 4.78 is 28.4. The zero-order valence-corrected chi connectivity index (χ0v) is 27.4. The maximum atomic E-state index is 9.62. The normalized spacial score (nSPS) is 20.9. The van der Waals surface area contributed by atoms with E-state index in [0.717, 1.165) is 43.3 Å². The molecule has 4 atom stereocenters. The molecule has 3 aliphatic rings. The largest absolute Gasteiger partial charge is 0.493 e. The molecule has 46 heavy (non-hydrogen) atoms. The average molecular weight is 623 g/mol. The van der Waals surface area contributed by atoms with Gasteiger partial charge in [0, 0.05) is 17.3 Å². The molecule has 6 heteroatoms. The first-order valence-electron chi connectivity index (χ1n) is 16.4. The summed E-state index contributed by atoms with van der Waals surface area (Å²) in [7, 11) is 0. The van der Waals surface area contributed by atoms with Gasteiger partial charge in [0.25, 0.3) is 0 Å². The molecule has 6 nitrogen and oxygen atoms in total. The number of allylic oxidation sites excluding steroid dienone is 5. The van der Waals surface area contributed by atoms with Crippen molar-refractivity contribution in [2.75, 3.05) is 33.0 Å². The third kappa shape index (κ3) is 7.75. The summed E-state index contributed by atoms with van der Waals surface area (Å²) in [5.74, 6) is 2.51. The van der Waals surface area contributed by atoms with Crippen LogP contribution in [0, 0.1) is 0 Å². The second-order valence-electron chi connectivity index (χ2n) is 13.2. The van der Waals surface area contributed by atoms with Gasteiger partial charge in [-0.25, -0.2) is 0 Å². The third-order valence-electron chi connectivity index (χ3n) is 9.29. The standard InChI is InChI=1S/C40H46O6/c1-28(41)24-43-34-7-5-6-29(12-17-34)39(2,3)30-8-10-31(11-9-30)40(4,33-15-20-36(21-16-33)44-26-38-27-46-38)32-13-18-35(19-14-32)42-23-22-37-25-45-37/h6-21,28,37-38,41H,5,22-27H2,1-4H3. The van der Waals surface area contributed by atoms with E-state index in [9.17, 15) is 5.11 Å². The number of benzene rings is 3. The van der Waals surface area contributed by atoms with Gasteiger partial charge >= 0.3 is 0 Å². The number of aliphatic hydroxyl groups is 1. The highest BCUT2D eigenvalue weighted by Gasteiger charge is 2.33. The number of ether oxygens (including phenoxy) is 5. The molecule has 0 saturated carbocycles. The lowest BCUT2D eigenvalue weighted by Crippen LogP contribution is -2.26. The lowest BCUT2D eigenvalue weighted by molar-refractivity contribution is 0.0881. The Morgan fingerprint density at radius 2 is 1.26 bits per heavy atom. The van der Waals surface area contributed by atoms with Gasteiger partial charge in [0.05, 0.1) is 32.0 Å². The predicted molar refractivity (Wildman–Crippen MR) is 181 cm³/mol. The third-order valence-corrected chi connectivity index (χ3v) is 9.29. The Hall–Kier alpha value is -3.84. The summed E-state index contributed by atoms with van der Waals surface area (Å²) in [6.07, 6.45) is 10.2. The first kappa shape index (κ1) is 32.1. The van der Waals surface area contributed by atoms with E-state index in [4.69, 9.17) is 23.7 Å². The van der Waals surface area contributed by atoms with Gasteiger partial charge in [0.1, 0.15) is 36.6 Å². The van der Waals surface area contributed by atoms with Crippen LogP contribution in [0.2, 0.25) is 0 Å². The second-order valence-corrected chi connectivity index (χ2v) is 13.2. The van der Waals surface area contributed by atoms with Crippen LogP contribution in [0.4, 0.5) is 0 Å². The summed E-state index contributed by atoms with van der Waals surface area (Å²) in [6, 6.07) is 26.0. The van der Waals surface area contributed by atoms with Crippen molar-refractivity contribution in [1.29, 1.82) is 0 Å². The Morgan fingerprint density at radius 3 is 1.83 bits per heavy atom. The molecule has 2 heterocycles. The Balaban J connectivity index is 1.25. The Kier molecular flexibility index (Phi) is 9.69.